The topological polar surface area (TPSA) is 93.5 Å². The van der Waals surface area contributed by atoms with Crippen molar-refractivity contribution in [2.45, 2.75) is 13.8 Å². The standard InChI is InChI=1S/C14H21N3O4/c1-4-21-13-11(6-5-7-12(13)17(19)20)14(18)16-9-10(2)8-15-3/h5-7,10,15H,4,8-9H2,1-3H3,(H,16,18). The molecule has 1 aromatic carbocycles. The molecule has 0 saturated heterocycles. The Kier molecular flexibility index (Phi) is 6.61. The second-order valence-electron chi connectivity index (χ2n) is 4.72. The Bertz CT molecular complexity index is 505. The Morgan fingerprint density at radius 1 is 1.43 bits per heavy atom. The molecular formula is C14H21N3O4. The first-order valence-electron chi connectivity index (χ1n) is 6.84. The highest BCUT2D eigenvalue weighted by Crippen LogP contribution is 2.30. The van der Waals surface area contributed by atoms with E-state index in [4.69, 9.17) is 4.74 Å². The van der Waals surface area contributed by atoms with Gasteiger partial charge in [-0.15, -0.1) is 0 Å². The van der Waals surface area contributed by atoms with Crippen molar-refractivity contribution in [2.75, 3.05) is 26.7 Å². The number of benzene rings is 1. The first-order valence-corrected chi connectivity index (χ1v) is 6.84. The molecule has 0 aliphatic carbocycles. The molecule has 2 N–H and O–H groups in total. The minimum Gasteiger partial charge on any atom is -0.487 e. The van der Waals surface area contributed by atoms with Crippen molar-refractivity contribution in [3.63, 3.8) is 0 Å². The van der Waals surface area contributed by atoms with Crippen molar-refractivity contribution in [3.8, 4) is 5.75 Å². The van der Waals surface area contributed by atoms with Crippen LogP contribution in [-0.4, -0.2) is 37.6 Å². The molecule has 0 heterocycles. The molecule has 1 amide bonds. The highest BCUT2D eigenvalue weighted by Gasteiger charge is 2.23. The predicted octanol–water partition coefficient (Wildman–Crippen LogP) is 1.58. The third-order valence-corrected chi connectivity index (χ3v) is 2.89. The monoisotopic (exact) mass is 295 g/mol. The zero-order chi connectivity index (χ0) is 15.8. The third-order valence-electron chi connectivity index (χ3n) is 2.89. The lowest BCUT2D eigenvalue weighted by Gasteiger charge is -2.14. The lowest BCUT2D eigenvalue weighted by atomic mass is 10.1. The van der Waals surface area contributed by atoms with E-state index in [1.165, 1.54) is 18.2 Å². The van der Waals surface area contributed by atoms with E-state index in [0.29, 0.717) is 6.54 Å². The molecule has 1 rings (SSSR count). The van der Waals surface area contributed by atoms with Crippen LogP contribution in [0.25, 0.3) is 0 Å². The van der Waals surface area contributed by atoms with Gasteiger partial charge < -0.3 is 15.4 Å². The smallest absolute Gasteiger partial charge is 0.311 e. The van der Waals surface area contributed by atoms with Gasteiger partial charge in [-0.25, -0.2) is 0 Å². The second-order valence-corrected chi connectivity index (χ2v) is 4.72. The van der Waals surface area contributed by atoms with Crippen LogP contribution in [0.15, 0.2) is 18.2 Å². The summed E-state index contributed by atoms with van der Waals surface area (Å²) in [6.07, 6.45) is 0. The molecule has 0 saturated carbocycles. The first-order chi connectivity index (χ1) is 10.0. The Hall–Kier alpha value is -2.15. The number of carbonyl (C=O) groups is 1. The maximum atomic E-state index is 12.2. The van der Waals surface area contributed by atoms with Gasteiger partial charge in [-0.3, -0.25) is 14.9 Å². The number of nitro benzene ring substituents is 1. The van der Waals surface area contributed by atoms with Crippen LogP contribution in [0.3, 0.4) is 0 Å². The van der Waals surface area contributed by atoms with Gasteiger partial charge in [-0.1, -0.05) is 13.0 Å². The molecule has 0 bridgehead atoms. The molecule has 1 atom stereocenters. The van der Waals surface area contributed by atoms with Gasteiger partial charge in [0.25, 0.3) is 5.91 Å². The Morgan fingerprint density at radius 2 is 2.14 bits per heavy atom. The van der Waals surface area contributed by atoms with Gasteiger partial charge in [0.2, 0.25) is 5.75 Å². The number of hydrogen-bond acceptors (Lipinski definition) is 5. The molecule has 7 heteroatoms. The lowest BCUT2D eigenvalue weighted by molar-refractivity contribution is -0.385. The number of hydrogen-bond donors (Lipinski definition) is 2. The molecule has 0 spiro atoms. The Labute approximate surface area is 123 Å². The van der Waals surface area contributed by atoms with E-state index in [1.54, 1.807) is 6.92 Å². The van der Waals surface area contributed by atoms with Gasteiger partial charge in [0.05, 0.1) is 17.1 Å². The number of rotatable bonds is 8. The maximum Gasteiger partial charge on any atom is 0.311 e. The molecule has 0 radical (unpaired) electrons. The largest absolute Gasteiger partial charge is 0.487 e. The molecule has 0 fully saturated rings. The molecular weight excluding hydrogens is 274 g/mol. The van der Waals surface area contributed by atoms with Crippen molar-refractivity contribution >= 4 is 11.6 Å². The van der Waals surface area contributed by atoms with Crippen LogP contribution in [0.4, 0.5) is 5.69 Å². The summed E-state index contributed by atoms with van der Waals surface area (Å²) in [7, 11) is 1.84. The van der Waals surface area contributed by atoms with Crippen LogP contribution in [0, 0.1) is 16.0 Å². The van der Waals surface area contributed by atoms with E-state index in [2.05, 4.69) is 10.6 Å². The SMILES string of the molecule is CCOc1c(C(=O)NCC(C)CNC)cccc1[N+](=O)[O-]. The van der Waals surface area contributed by atoms with Gasteiger partial charge in [-0.2, -0.15) is 0 Å². The average Bonchev–Trinajstić information content (AvgIpc) is 2.45. The highest BCUT2D eigenvalue weighted by molar-refractivity contribution is 5.98. The van der Waals surface area contributed by atoms with Crippen LogP contribution in [0.1, 0.15) is 24.2 Å². The van der Waals surface area contributed by atoms with Gasteiger partial charge in [0.15, 0.2) is 0 Å². The van der Waals surface area contributed by atoms with Crippen LogP contribution in [-0.2, 0) is 0 Å². The fraction of sp³-hybridized carbons (Fsp3) is 0.500. The molecule has 116 valence electrons. The number of carbonyl (C=O) groups excluding carboxylic acids is 1. The number of amides is 1. The maximum absolute atomic E-state index is 12.2. The van der Waals surface area contributed by atoms with E-state index >= 15 is 0 Å². The summed E-state index contributed by atoms with van der Waals surface area (Å²) in [5.41, 5.74) is -0.0181. The van der Waals surface area contributed by atoms with Crippen LogP contribution < -0.4 is 15.4 Å². The Balaban J connectivity index is 2.92. The second kappa shape index (κ2) is 8.21. The van der Waals surface area contributed by atoms with Gasteiger partial charge in [0.1, 0.15) is 0 Å². The Morgan fingerprint density at radius 3 is 2.71 bits per heavy atom. The van der Waals surface area contributed by atoms with Gasteiger partial charge in [-0.05, 0) is 32.5 Å². The van der Waals surface area contributed by atoms with Crippen molar-refractivity contribution in [1.29, 1.82) is 0 Å². The summed E-state index contributed by atoms with van der Waals surface area (Å²) < 4.78 is 5.29. The lowest BCUT2D eigenvalue weighted by Crippen LogP contribution is -2.32. The molecule has 0 aromatic heterocycles. The van der Waals surface area contributed by atoms with Crippen LogP contribution in [0.2, 0.25) is 0 Å². The molecule has 0 aliphatic heterocycles. The highest BCUT2D eigenvalue weighted by atomic mass is 16.6. The van der Waals surface area contributed by atoms with Gasteiger partial charge >= 0.3 is 5.69 Å². The minimum atomic E-state index is -0.550. The van der Waals surface area contributed by atoms with Crippen LogP contribution >= 0.6 is 0 Å². The van der Waals surface area contributed by atoms with Gasteiger partial charge in [0, 0.05) is 12.6 Å². The number of ether oxygens (including phenoxy) is 1. The van der Waals surface area contributed by atoms with E-state index in [1.807, 2.05) is 14.0 Å². The number of nitro groups is 1. The fourth-order valence-corrected chi connectivity index (χ4v) is 1.93. The predicted molar refractivity (Wildman–Crippen MR) is 79.7 cm³/mol. The minimum absolute atomic E-state index is 0.0174. The zero-order valence-electron chi connectivity index (χ0n) is 12.5. The number of nitrogens with one attached hydrogen (secondary N) is 2. The van der Waals surface area contributed by atoms with E-state index in [9.17, 15) is 14.9 Å². The summed E-state index contributed by atoms with van der Waals surface area (Å²) in [6, 6.07) is 4.33. The van der Waals surface area contributed by atoms with E-state index in [-0.39, 0.29) is 35.4 Å². The summed E-state index contributed by atoms with van der Waals surface area (Å²) in [5.74, 6) is -0.0953. The van der Waals surface area contributed by atoms with Crippen LogP contribution in [0.5, 0.6) is 5.75 Å². The van der Waals surface area contributed by atoms with Crippen molar-refractivity contribution < 1.29 is 14.5 Å². The third kappa shape index (κ3) is 4.71. The molecule has 21 heavy (non-hydrogen) atoms. The number of para-hydroxylation sites is 1. The van der Waals surface area contributed by atoms with Crippen molar-refractivity contribution in [1.82, 2.24) is 10.6 Å². The summed E-state index contributed by atoms with van der Waals surface area (Å²) in [6.45, 7) is 5.21. The molecule has 1 aromatic rings. The molecule has 0 aliphatic rings. The summed E-state index contributed by atoms with van der Waals surface area (Å²) in [5, 5.41) is 16.8. The quantitative estimate of drug-likeness (QED) is 0.561. The molecule has 1 unspecified atom stereocenters. The van der Waals surface area contributed by atoms with Crippen molar-refractivity contribution in [2.24, 2.45) is 5.92 Å². The summed E-state index contributed by atoms with van der Waals surface area (Å²) >= 11 is 0. The average molecular weight is 295 g/mol. The zero-order valence-corrected chi connectivity index (χ0v) is 12.5. The summed E-state index contributed by atoms with van der Waals surface area (Å²) in [4.78, 5) is 22.6. The molecule has 7 nitrogen and oxygen atoms in total. The normalized spacial score (nSPS) is 11.8. The fourth-order valence-electron chi connectivity index (χ4n) is 1.93. The number of nitrogens with zero attached hydrogens (tertiary/aromatic N) is 1. The van der Waals surface area contributed by atoms with Crippen molar-refractivity contribution in [3.05, 3.63) is 33.9 Å². The first kappa shape index (κ1) is 16.9. The van der Waals surface area contributed by atoms with E-state index < -0.39 is 4.92 Å². The van der Waals surface area contributed by atoms with E-state index in [0.717, 1.165) is 6.54 Å².